The SMILES string of the molecule is CC(O)[C@@H](C=O)N1CCCC1. The summed E-state index contributed by atoms with van der Waals surface area (Å²) in [6.07, 6.45) is 2.61. The van der Waals surface area contributed by atoms with Gasteiger partial charge in [-0.1, -0.05) is 0 Å². The summed E-state index contributed by atoms with van der Waals surface area (Å²) in [7, 11) is 0. The molecule has 1 aliphatic rings. The lowest BCUT2D eigenvalue weighted by molar-refractivity contribution is -0.115. The summed E-state index contributed by atoms with van der Waals surface area (Å²) in [6.45, 7) is 3.57. The molecule has 0 saturated carbocycles. The molecule has 0 spiro atoms. The minimum absolute atomic E-state index is 0.280. The molecule has 1 heterocycles. The van der Waals surface area contributed by atoms with Crippen LogP contribution in [0.25, 0.3) is 0 Å². The van der Waals surface area contributed by atoms with Gasteiger partial charge in [-0.25, -0.2) is 0 Å². The van der Waals surface area contributed by atoms with Crippen molar-refractivity contribution in [1.29, 1.82) is 0 Å². The second kappa shape index (κ2) is 3.83. The summed E-state index contributed by atoms with van der Waals surface area (Å²) >= 11 is 0. The lowest BCUT2D eigenvalue weighted by Crippen LogP contribution is -2.41. The summed E-state index contributed by atoms with van der Waals surface area (Å²) < 4.78 is 0. The Balaban J connectivity index is 2.46. The molecule has 0 aromatic rings. The molecule has 0 aromatic heterocycles. The van der Waals surface area contributed by atoms with E-state index in [1.165, 1.54) is 0 Å². The Hall–Kier alpha value is -0.410. The molecule has 1 rings (SSSR count). The first-order valence-corrected chi connectivity index (χ1v) is 4.13. The van der Waals surface area contributed by atoms with E-state index in [9.17, 15) is 9.90 Å². The summed E-state index contributed by atoms with van der Waals surface area (Å²) in [6, 6.07) is -0.280. The molecule has 1 N–H and O–H groups in total. The fraction of sp³-hybridized carbons (Fsp3) is 0.875. The summed E-state index contributed by atoms with van der Waals surface area (Å²) in [5.74, 6) is 0. The highest BCUT2D eigenvalue weighted by atomic mass is 16.3. The molecule has 1 saturated heterocycles. The fourth-order valence-corrected chi connectivity index (χ4v) is 1.54. The normalized spacial score (nSPS) is 24.9. The number of hydrogen-bond donors (Lipinski definition) is 1. The molecule has 0 radical (unpaired) electrons. The average Bonchev–Trinajstić information content (AvgIpc) is 2.40. The number of aliphatic hydroxyl groups is 1. The predicted molar refractivity (Wildman–Crippen MR) is 42.3 cm³/mol. The lowest BCUT2D eigenvalue weighted by atomic mass is 10.2. The number of nitrogens with zero attached hydrogens (tertiary/aromatic N) is 1. The van der Waals surface area contributed by atoms with E-state index >= 15 is 0 Å². The van der Waals surface area contributed by atoms with E-state index in [-0.39, 0.29) is 6.04 Å². The molecule has 3 heteroatoms. The van der Waals surface area contributed by atoms with Crippen molar-refractivity contribution in [2.75, 3.05) is 13.1 Å². The van der Waals surface area contributed by atoms with Gasteiger partial charge in [-0.2, -0.15) is 0 Å². The molecule has 1 aliphatic heterocycles. The maximum atomic E-state index is 10.5. The minimum atomic E-state index is -0.536. The van der Waals surface area contributed by atoms with Crippen molar-refractivity contribution in [3.63, 3.8) is 0 Å². The topological polar surface area (TPSA) is 40.5 Å². The van der Waals surface area contributed by atoms with Crippen LogP contribution in [0.4, 0.5) is 0 Å². The standard InChI is InChI=1S/C8H15NO2/c1-7(11)8(6-10)9-4-2-3-5-9/h6-8,11H,2-5H2,1H3/t7?,8-/m1/s1. The maximum Gasteiger partial charge on any atom is 0.139 e. The van der Waals surface area contributed by atoms with Gasteiger partial charge in [0, 0.05) is 0 Å². The molecule has 0 aromatic carbocycles. The number of rotatable bonds is 3. The summed E-state index contributed by atoms with van der Waals surface area (Å²) in [4.78, 5) is 12.6. The first-order chi connectivity index (χ1) is 5.25. The third-order valence-electron chi connectivity index (χ3n) is 2.20. The lowest BCUT2D eigenvalue weighted by Gasteiger charge is -2.24. The van der Waals surface area contributed by atoms with Crippen LogP contribution in [-0.2, 0) is 4.79 Å². The minimum Gasteiger partial charge on any atom is -0.391 e. The first kappa shape index (κ1) is 8.68. The molecule has 0 aliphatic carbocycles. The van der Waals surface area contributed by atoms with Crippen LogP contribution in [0.1, 0.15) is 19.8 Å². The Morgan fingerprint density at radius 2 is 2.00 bits per heavy atom. The van der Waals surface area contributed by atoms with E-state index in [1.807, 2.05) is 4.90 Å². The van der Waals surface area contributed by atoms with Crippen molar-refractivity contribution >= 4 is 6.29 Å². The van der Waals surface area contributed by atoms with Gasteiger partial charge in [0.2, 0.25) is 0 Å². The molecule has 1 unspecified atom stereocenters. The van der Waals surface area contributed by atoms with Gasteiger partial charge in [-0.05, 0) is 32.9 Å². The average molecular weight is 157 g/mol. The number of carbonyl (C=O) groups excluding carboxylic acids is 1. The van der Waals surface area contributed by atoms with Crippen molar-refractivity contribution in [3.8, 4) is 0 Å². The third kappa shape index (κ3) is 2.01. The van der Waals surface area contributed by atoms with Gasteiger partial charge in [0.25, 0.3) is 0 Å². The summed E-state index contributed by atoms with van der Waals surface area (Å²) in [5, 5.41) is 9.20. The number of likely N-dealkylation sites (tertiary alicyclic amines) is 1. The number of aliphatic hydroxyl groups excluding tert-OH is 1. The highest BCUT2D eigenvalue weighted by Gasteiger charge is 2.24. The van der Waals surface area contributed by atoms with Crippen LogP contribution < -0.4 is 0 Å². The van der Waals surface area contributed by atoms with E-state index in [1.54, 1.807) is 6.92 Å². The first-order valence-electron chi connectivity index (χ1n) is 4.13. The van der Waals surface area contributed by atoms with Crippen LogP contribution in [0.2, 0.25) is 0 Å². The molecule has 1 fully saturated rings. The fourth-order valence-electron chi connectivity index (χ4n) is 1.54. The van der Waals surface area contributed by atoms with Crippen molar-refractivity contribution < 1.29 is 9.90 Å². The number of aldehydes is 1. The van der Waals surface area contributed by atoms with Gasteiger partial charge < -0.3 is 9.90 Å². The Labute approximate surface area is 67.0 Å². The van der Waals surface area contributed by atoms with Crippen LogP contribution in [0, 0.1) is 0 Å². The number of carbonyl (C=O) groups is 1. The maximum absolute atomic E-state index is 10.5. The summed E-state index contributed by atoms with van der Waals surface area (Å²) in [5.41, 5.74) is 0. The zero-order chi connectivity index (χ0) is 8.27. The zero-order valence-corrected chi connectivity index (χ0v) is 6.86. The molecular weight excluding hydrogens is 142 g/mol. The van der Waals surface area contributed by atoms with E-state index in [0.717, 1.165) is 32.2 Å². The molecule has 2 atom stereocenters. The Morgan fingerprint density at radius 3 is 2.36 bits per heavy atom. The monoisotopic (exact) mass is 157 g/mol. The van der Waals surface area contributed by atoms with Crippen molar-refractivity contribution in [2.45, 2.75) is 31.9 Å². The van der Waals surface area contributed by atoms with E-state index in [4.69, 9.17) is 0 Å². The van der Waals surface area contributed by atoms with Gasteiger partial charge >= 0.3 is 0 Å². The van der Waals surface area contributed by atoms with Crippen LogP contribution in [0.5, 0.6) is 0 Å². The second-order valence-electron chi connectivity index (χ2n) is 3.11. The highest BCUT2D eigenvalue weighted by Crippen LogP contribution is 2.12. The number of hydrogen-bond acceptors (Lipinski definition) is 3. The molecular formula is C8H15NO2. The van der Waals surface area contributed by atoms with E-state index < -0.39 is 6.10 Å². The van der Waals surface area contributed by atoms with Gasteiger partial charge in [-0.15, -0.1) is 0 Å². The van der Waals surface area contributed by atoms with Crippen LogP contribution in [-0.4, -0.2) is 41.5 Å². The van der Waals surface area contributed by atoms with Gasteiger partial charge in [0.15, 0.2) is 0 Å². The van der Waals surface area contributed by atoms with Gasteiger partial charge in [0.1, 0.15) is 6.29 Å². The van der Waals surface area contributed by atoms with Gasteiger partial charge in [0.05, 0.1) is 12.1 Å². The molecule has 64 valence electrons. The van der Waals surface area contributed by atoms with Crippen molar-refractivity contribution in [1.82, 2.24) is 4.90 Å². The predicted octanol–water partition coefficient (Wildman–Crippen LogP) is 0.0305. The van der Waals surface area contributed by atoms with Crippen molar-refractivity contribution in [2.24, 2.45) is 0 Å². The Bertz CT molecular complexity index is 130. The van der Waals surface area contributed by atoms with E-state index in [0.29, 0.717) is 0 Å². The largest absolute Gasteiger partial charge is 0.391 e. The second-order valence-corrected chi connectivity index (χ2v) is 3.11. The van der Waals surface area contributed by atoms with Crippen molar-refractivity contribution in [3.05, 3.63) is 0 Å². The smallest absolute Gasteiger partial charge is 0.139 e. The van der Waals surface area contributed by atoms with Crippen LogP contribution in [0.3, 0.4) is 0 Å². The molecule has 0 amide bonds. The third-order valence-corrected chi connectivity index (χ3v) is 2.20. The van der Waals surface area contributed by atoms with Crippen LogP contribution in [0.15, 0.2) is 0 Å². The van der Waals surface area contributed by atoms with Gasteiger partial charge in [-0.3, -0.25) is 4.90 Å². The molecule has 3 nitrogen and oxygen atoms in total. The quantitative estimate of drug-likeness (QED) is 0.588. The highest BCUT2D eigenvalue weighted by molar-refractivity contribution is 5.58. The molecule has 0 bridgehead atoms. The van der Waals surface area contributed by atoms with E-state index in [2.05, 4.69) is 0 Å². The Kier molecular flexibility index (Phi) is 3.02. The molecule has 11 heavy (non-hydrogen) atoms. The van der Waals surface area contributed by atoms with Crippen LogP contribution >= 0.6 is 0 Å². The Morgan fingerprint density at radius 1 is 1.45 bits per heavy atom. The zero-order valence-electron chi connectivity index (χ0n) is 6.86.